The average Bonchev–Trinajstić information content (AvgIpc) is 2.79. The molecular weight excluding hydrogens is 228 g/mol. The first kappa shape index (κ1) is 11.6. The number of carbonyl (C=O) groups is 1. The van der Waals surface area contributed by atoms with E-state index in [1.165, 1.54) is 37.5 Å². The number of methoxy groups -OCH3 is 2. The number of hydrogen-bond donors (Lipinski definition) is 0. The zero-order valence-corrected chi connectivity index (χ0v) is 10.9. The Morgan fingerprint density at radius 2 is 2.11 bits per heavy atom. The first-order valence-electron chi connectivity index (χ1n) is 6.52. The van der Waals surface area contributed by atoms with E-state index in [0.717, 1.165) is 12.3 Å². The van der Waals surface area contributed by atoms with Crippen LogP contribution in [0.3, 0.4) is 0 Å². The van der Waals surface area contributed by atoms with Gasteiger partial charge in [-0.3, -0.25) is 0 Å². The summed E-state index contributed by atoms with van der Waals surface area (Å²) in [6.45, 7) is 0. The van der Waals surface area contributed by atoms with E-state index in [-0.39, 0.29) is 5.97 Å². The van der Waals surface area contributed by atoms with Gasteiger partial charge in [0, 0.05) is 0 Å². The molecule has 2 unspecified atom stereocenters. The van der Waals surface area contributed by atoms with Crippen molar-refractivity contribution < 1.29 is 14.3 Å². The van der Waals surface area contributed by atoms with Crippen LogP contribution in [0.2, 0.25) is 0 Å². The lowest BCUT2D eigenvalue weighted by Gasteiger charge is -2.24. The van der Waals surface area contributed by atoms with Gasteiger partial charge in [-0.15, -0.1) is 0 Å². The number of rotatable bonds is 2. The smallest absolute Gasteiger partial charge is 0.341 e. The SMILES string of the molecule is COC(=O)c1cc2c(cc1OC)C1CCC(C2)C1. The number of fused-ring (bicyclic) bond motifs is 4. The Hall–Kier alpha value is -1.51. The summed E-state index contributed by atoms with van der Waals surface area (Å²) < 4.78 is 10.2. The van der Waals surface area contributed by atoms with E-state index in [0.29, 0.717) is 17.2 Å². The van der Waals surface area contributed by atoms with Crippen molar-refractivity contribution in [1.29, 1.82) is 0 Å². The van der Waals surface area contributed by atoms with Crippen LogP contribution in [0.15, 0.2) is 12.1 Å². The molecule has 3 nitrogen and oxygen atoms in total. The van der Waals surface area contributed by atoms with Gasteiger partial charge in [-0.25, -0.2) is 4.79 Å². The lowest BCUT2D eigenvalue weighted by atomic mass is 9.82. The van der Waals surface area contributed by atoms with Crippen LogP contribution in [0.4, 0.5) is 0 Å². The van der Waals surface area contributed by atoms with Crippen LogP contribution in [0, 0.1) is 5.92 Å². The van der Waals surface area contributed by atoms with Gasteiger partial charge in [-0.2, -0.15) is 0 Å². The minimum absolute atomic E-state index is 0.312. The largest absolute Gasteiger partial charge is 0.496 e. The molecule has 18 heavy (non-hydrogen) atoms. The maximum Gasteiger partial charge on any atom is 0.341 e. The fourth-order valence-corrected chi connectivity index (χ4v) is 3.49. The van der Waals surface area contributed by atoms with Crippen LogP contribution in [0.1, 0.15) is 46.7 Å². The molecular formula is C15H18O3. The van der Waals surface area contributed by atoms with Crippen molar-refractivity contribution in [1.82, 2.24) is 0 Å². The van der Waals surface area contributed by atoms with Crippen LogP contribution >= 0.6 is 0 Å². The molecule has 3 heteroatoms. The Balaban J connectivity index is 2.09. The molecule has 0 saturated heterocycles. The fraction of sp³-hybridized carbons (Fsp3) is 0.533. The Morgan fingerprint density at radius 1 is 1.28 bits per heavy atom. The van der Waals surface area contributed by atoms with Crippen LogP contribution in [0.5, 0.6) is 5.75 Å². The summed E-state index contributed by atoms with van der Waals surface area (Å²) in [7, 11) is 3.01. The summed E-state index contributed by atoms with van der Waals surface area (Å²) in [5, 5.41) is 0. The number of hydrogen-bond acceptors (Lipinski definition) is 3. The summed E-state index contributed by atoms with van der Waals surface area (Å²) in [4.78, 5) is 11.8. The van der Waals surface area contributed by atoms with Crippen molar-refractivity contribution in [3.63, 3.8) is 0 Å². The van der Waals surface area contributed by atoms with Gasteiger partial charge < -0.3 is 9.47 Å². The lowest BCUT2D eigenvalue weighted by molar-refractivity contribution is 0.0597. The molecule has 2 bridgehead atoms. The minimum atomic E-state index is -0.312. The molecule has 2 atom stereocenters. The zero-order valence-electron chi connectivity index (χ0n) is 10.9. The summed E-state index contributed by atoms with van der Waals surface area (Å²) in [6, 6.07) is 4.03. The second-order valence-corrected chi connectivity index (χ2v) is 5.32. The van der Waals surface area contributed by atoms with Gasteiger partial charge in [0.15, 0.2) is 0 Å². The highest BCUT2D eigenvalue weighted by atomic mass is 16.5. The molecule has 0 spiro atoms. The van der Waals surface area contributed by atoms with Gasteiger partial charge in [-0.05, 0) is 60.8 Å². The van der Waals surface area contributed by atoms with Crippen LogP contribution in [-0.4, -0.2) is 20.2 Å². The van der Waals surface area contributed by atoms with Gasteiger partial charge in [-0.1, -0.05) is 0 Å². The fourth-order valence-electron chi connectivity index (χ4n) is 3.49. The number of carbonyl (C=O) groups excluding carboxylic acids is 1. The van der Waals surface area contributed by atoms with Gasteiger partial charge in [0.25, 0.3) is 0 Å². The van der Waals surface area contributed by atoms with Crippen molar-refractivity contribution in [2.24, 2.45) is 5.92 Å². The van der Waals surface area contributed by atoms with E-state index in [2.05, 4.69) is 0 Å². The first-order chi connectivity index (χ1) is 8.72. The number of benzene rings is 1. The van der Waals surface area contributed by atoms with E-state index < -0.39 is 0 Å². The first-order valence-corrected chi connectivity index (χ1v) is 6.52. The molecule has 2 aliphatic carbocycles. The lowest BCUT2D eigenvalue weighted by Crippen LogP contribution is -2.13. The molecule has 0 heterocycles. The summed E-state index contributed by atoms with van der Waals surface area (Å²) in [5.74, 6) is 1.80. The highest BCUT2D eigenvalue weighted by Gasteiger charge is 2.34. The summed E-state index contributed by atoms with van der Waals surface area (Å²) in [6.07, 6.45) is 4.99. The molecule has 0 N–H and O–H groups in total. The van der Waals surface area contributed by atoms with E-state index in [1.807, 2.05) is 12.1 Å². The second kappa shape index (κ2) is 4.30. The van der Waals surface area contributed by atoms with Crippen LogP contribution < -0.4 is 4.74 Å². The van der Waals surface area contributed by atoms with E-state index >= 15 is 0 Å². The molecule has 1 saturated carbocycles. The third-order valence-corrected chi connectivity index (χ3v) is 4.36. The molecule has 0 aliphatic heterocycles. The minimum Gasteiger partial charge on any atom is -0.496 e. The van der Waals surface area contributed by atoms with Crippen LogP contribution in [-0.2, 0) is 11.2 Å². The van der Waals surface area contributed by atoms with Crippen molar-refractivity contribution in [3.8, 4) is 5.75 Å². The zero-order chi connectivity index (χ0) is 12.7. The molecule has 3 rings (SSSR count). The Labute approximate surface area is 107 Å². The highest BCUT2D eigenvalue weighted by molar-refractivity contribution is 5.93. The van der Waals surface area contributed by atoms with E-state index in [1.54, 1.807) is 7.11 Å². The van der Waals surface area contributed by atoms with E-state index in [9.17, 15) is 4.79 Å². The molecule has 0 amide bonds. The molecule has 2 aliphatic rings. The molecule has 1 aromatic carbocycles. The Bertz CT molecular complexity index is 493. The normalized spacial score (nSPS) is 24.6. The molecule has 1 fully saturated rings. The average molecular weight is 246 g/mol. The third-order valence-electron chi connectivity index (χ3n) is 4.36. The maximum atomic E-state index is 11.8. The topological polar surface area (TPSA) is 35.5 Å². The number of esters is 1. The Kier molecular flexibility index (Phi) is 2.77. The van der Waals surface area contributed by atoms with Gasteiger partial charge in [0.1, 0.15) is 11.3 Å². The quantitative estimate of drug-likeness (QED) is 0.753. The standard InChI is InChI=1S/C15H18O3/c1-17-14-8-12-10-4-3-9(5-10)6-11(12)7-13(14)15(16)18-2/h7-10H,3-6H2,1-2H3. The molecule has 0 aromatic heterocycles. The predicted molar refractivity (Wildman–Crippen MR) is 68.1 cm³/mol. The predicted octanol–water partition coefficient (Wildman–Crippen LogP) is 2.92. The molecule has 1 aromatic rings. The maximum absolute atomic E-state index is 11.8. The monoisotopic (exact) mass is 246 g/mol. The van der Waals surface area contributed by atoms with Gasteiger partial charge in [0.05, 0.1) is 14.2 Å². The van der Waals surface area contributed by atoms with Gasteiger partial charge in [0.2, 0.25) is 0 Å². The van der Waals surface area contributed by atoms with E-state index in [4.69, 9.17) is 9.47 Å². The number of ether oxygens (including phenoxy) is 2. The molecule has 96 valence electrons. The third kappa shape index (κ3) is 1.69. The Morgan fingerprint density at radius 3 is 2.83 bits per heavy atom. The second-order valence-electron chi connectivity index (χ2n) is 5.32. The van der Waals surface area contributed by atoms with Crippen molar-refractivity contribution in [2.75, 3.05) is 14.2 Å². The summed E-state index contributed by atoms with van der Waals surface area (Å²) in [5.41, 5.74) is 3.25. The summed E-state index contributed by atoms with van der Waals surface area (Å²) >= 11 is 0. The van der Waals surface area contributed by atoms with Crippen molar-refractivity contribution in [2.45, 2.75) is 31.6 Å². The van der Waals surface area contributed by atoms with Crippen molar-refractivity contribution in [3.05, 3.63) is 28.8 Å². The highest BCUT2D eigenvalue weighted by Crippen LogP contribution is 2.47. The van der Waals surface area contributed by atoms with Crippen LogP contribution in [0.25, 0.3) is 0 Å². The van der Waals surface area contributed by atoms with Gasteiger partial charge >= 0.3 is 5.97 Å². The van der Waals surface area contributed by atoms with Crippen molar-refractivity contribution >= 4 is 5.97 Å². The molecule has 0 radical (unpaired) electrons.